The van der Waals surface area contributed by atoms with E-state index in [1.54, 1.807) is 6.92 Å². The Hall–Kier alpha value is -2.86. The van der Waals surface area contributed by atoms with Crippen molar-refractivity contribution >= 4 is 12.1 Å². The molecule has 1 aliphatic rings. The molecule has 0 spiro atoms. The van der Waals surface area contributed by atoms with Gasteiger partial charge in [0, 0.05) is 13.1 Å². The van der Waals surface area contributed by atoms with Gasteiger partial charge in [-0.1, -0.05) is 60.7 Å². The van der Waals surface area contributed by atoms with Crippen LogP contribution in [-0.4, -0.2) is 47.8 Å². The van der Waals surface area contributed by atoms with Crippen LogP contribution in [0, 0.1) is 0 Å². The minimum absolute atomic E-state index is 0.0261. The highest BCUT2D eigenvalue weighted by Gasteiger charge is 2.49. The molecular weight excluding hydrogens is 392 g/mol. The molecule has 1 aliphatic heterocycles. The molecule has 1 saturated heterocycles. The quantitative estimate of drug-likeness (QED) is 0.671. The van der Waals surface area contributed by atoms with Crippen LogP contribution in [0.4, 0.5) is 4.79 Å². The van der Waals surface area contributed by atoms with Gasteiger partial charge in [0.05, 0.1) is 24.6 Å². The Morgan fingerprint density at radius 3 is 1.97 bits per heavy atom. The lowest BCUT2D eigenvalue weighted by Crippen LogP contribution is -2.71. The first-order valence-corrected chi connectivity index (χ1v) is 10.7. The number of carbonyl (C=O) groups is 2. The van der Waals surface area contributed by atoms with Crippen LogP contribution in [0.25, 0.3) is 0 Å². The summed E-state index contributed by atoms with van der Waals surface area (Å²) < 4.78 is 10.6. The monoisotopic (exact) mass is 424 g/mol. The average Bonchev–Trinajstić information content (AvgIpc) is 2.67. The summed E-state index contributed by atoms with van der Waals surface area (Å²) in [6, 6.07) is 20.5. The van der Waals surface area contributed by atoms with Gasteiger partial charge in [-0.25, -0.2) is 4.79 Å². The van der Waals surface area contributed by atoms with E-state index in [-0.39, 0.29) is 18.4 Å². The molecule has 0 atom stereocenters. The molecular formula is C25H32N2O4. The predicted molar refractivity (Wildman–Crippen MR) is 120 cm³/mol. The molecule has 166 valence electrons. The number of nitrogens with zero attached hydrogens (tertiary/aromatic N) is 1. The average molecular weight is 425 g/mol. The summed E-state index contributed by atoms with van der Waals surface area (Å²) in [6.45, 7) is 8.57. The van der Waals surface area contributed by atoms with Crippen molar-refractivity contribution in [3.63, 3.8) is 0 Å². The lowest BCUT2D eigenvalue weighted by Gasteiger charge is -2.53. The van der Waals surface area contributed by atoms with Crippen LogP contribution >= 0.6 is 0 Å². The Morgan fingerprint density at radius 1 is 1.00 bits per heavy atom. The molecule has 6 nitrogen and oxygen atoms in total. The number of esters is 1. The maximum atomic E-state index is 12.5. The fraction of sp³-hybridized carbons (Fsp3) is 0.440. The molecule has 1 fully saturated rings. The molecule has 0 aromatic heterocycles. The largest absolute Gasteiger partial charge is 0.466 e. The zero-order valence-corrected chi connectivity index (χ0v) is 18.8. The third-order valence-electron chi connectivity index (χ3n) is 5.16. The Labute approximate surface area is 184 Å². The van der Waals surface area contributed by atoms with Crippen molar-refractivity contribution in [2.75, 3.05) is 19.7 Å². The molecule has 1 amide bonds. The minimum atomic E-state index is -0.726. The normalized spacial score (nSPS) is 15.8. The first-order chi connectivity index (χ1) is 14.7. The molecule has 2 aromatic carbocycles. The summed E-state index contributed by atoms with van der Waals surface area (Å²) in [6.07, 6.45) is -0.417. The van der Waals surface area contributed by atoms with Crippen LogP contribution in [-0.2, 0) is 14.3 Å². The standard InChI is InChI=1S/C25H32N2O4/c1-5-30-21(28)16-25(26-23(29)31-24(2,3)4)17-27(18-25)22(19-12-8-6-9-13-19)20-14-10-7-11-15-20/h6-15,22H,5,16-18H2,1-4H3,(H,26,29). The fourth-order valence-electron chi connectivity index (χ4n) is 4.04. The molecule has 0 aliphatic carbocycles. The Morgan fingerprint density at radius 2 is 1.52 bits per heavy atom. The van der Waals surface area contributed by atoms with Gasteiger partial charge < -0.3 is 14.8 Å². The lowest BCUT2D eigenvalue weighted by molar-refractivity contribution is -0.147. The van der Waals surface area contributed by atoms with Crippen LogP contribution in [0.3, 0.4) is 0 Å². The maximum absolute atomic E-state index is 12.5. The number of alkyl carbamates (subject to hydrolysis) is 1. The van der Waals surface area contributed by atoms with Crippen molar-refractivity contribution in [2.45, 2.75) is 51.3 Å². The van der Waals surface area contributed by atoms with E-state index in [1.165, 1.54) is 0 Å². The lowest BCUT2D eigenvalue weighted by atomic mass is 9.82. The van der Waals surface area contributed by atoms with Crippen molar-refractivity contribution in [1.29, 1.82) is 0 Å². The first-order valence-electron chi connectivity index (χ1n) is 10.7. The highest BCUT2D eigenvalue weighted by atomic mass is 16.6. The third-order valence-corrected chi connectivity index (χ3v) is 5.16. The summed E-state index contributed by atoms with van der Waals surface area (Å²) in [5.74, 6) is -0.325. The van der Waals surface area contributed by atoms with Crippen LogP contribution in [0.15, 0.2) is 60.7 Å². The molecule has 0 unspecified atom stereocenters. The number of hydrogen-bond acceptors (Lipinski definition) is 5. The minimum Gasteiger partial charge on any atom is -0.466 e. The molecule has 31 heavy (non-hydrogen) atoms. The second-order valence-electron chi connectivity index (χ2n) is 9.02. The van der Waals surface area contributed by atoms with Crippen molar-refractivity contribution in [3.8, 4) is 0 Å². The summed E-state index contributed by atoms with van der Waals surface area (Å²) in [4.78, 5) is 27.1. The van der Waals surface area contributed by atoms with Gasteiger partial charge in [0.2, 0.25) is 0 Å². The van der Waals surface area contributed by atoms with Gasteiger partial charge >= 0.3 is 12.1 Å². The smallest absolute Gasteiger partial charge is 0.408 e. The van der Waals surface area contributed by atoms with Gasteiger partial charge in [0.25, 0.3) is 0 Å². The van der Waals surface area contributed by atoms with E-state index in [1.807, 2.05) is 57.2 Å². The molecule has 1 N–H and O–H groups in total. The number of nitrogens with one attached hydrogen (secondary N) is 1. The second-order valence-corrected chi connectivity index (χ2v) is 9.02. The summed E-state index contributed by atoms with van der Waals surface area (Å²) in [7, 11) is 0. The van der Waals surface area contributed by atoms with E-state index in [9.17, 15) is 9.59 Å². The summed E-state index contributed by atoms with van der Waals surface area (Å²) in [5, 5.41) is 2.96. The number of likely N-dealkylation sites (tertiary alicyclic amines) is 1. The predicted octanol–water partition coefficient (Wildman–Crippen LogP) is 4.31. The van der Waals surface area contributed by atoms with E-state index in [2.05, 4.69) is 34.5 Å². The molecule has 0 bridgehead atoms. The van der Waals surface area contributed by atoms with Crippen LogP contribution in [0.1, 0.15) is 51.3 Å². The number of ether oxygens (including phenoxy) is 2. The Kier molecular flexibility index (Phi) is 7.01. The number of rotatable bonds is 7. The Bertz CT molecular complexity index is 832. The number of carbonyl (C=O) groups excluding carboxylic acids is 2. The fourth-order valence-corrected chi connectivity index (χ4v) is 4.04. The van der Waals surface area contributed by atoms with E-state index in [0.717, 1.165) is 11.1 Å². The Balaban J connectivity index is 1.82. The zero-order valence-electron chi connectivity index (χ0n) is 18.8. The molecule has 3 rings (SSSR count). The van der Waals surface area contributed by atoms with Gasteiger partial charge in [-0.05, 0) is 38.8 Å². The molecule has 0 saturated carbocycles. The first kappa shape index (κ1) is 22.8. The van der Waals surface area contributed by atoms with Gasteiger partial charge in [-0.15, -0.1) is 0 Å². The molecule has 6 heteroatoms. The van der Waals surface area contributed by atoms with Gasteiger partial charge in [0.15, 0.2) is 0 Å². The van der Waals surface area contributed by atoms with E-state index < -0.39 is 17.2 Å². The highest BCUT2D eigenvalue weighted by molar-refractivity contribution is 5.75. The molecule has 1 heterocycles. The van der Waals surface area contributed by atoms with Crippen LogP contribution < -0.4 is 5.32 Å². The highest BCUT2D eigenvalue weighted by Crippen LogP contribution is 2.37. The van der Waals surface area contributed by atoms with Gasteiger partial charge in [0.1, 0.15) is 5.60 Å². The SMILES string of the molecule is CCOC(=O)CC1(NC(=O)OC(C)(C)C)CN(C(c2ccccc2)c2ccccc2)C1. The van der Waals surface area contributed by atoms with Crippen molar-refractivity contribution in [1.82, 2.24) is 10.2 Å². The molecule has 0 radical (unpaired) electrons. The maximum Gasteiger partial charge on any atom is 0.408 e. The second kappa shape index (κ2) is 9.52. The van der Waals surface area contributed by atoms with Crippen LogP contribution in [0.2, 0.25) is 0 Å². The van der Waals surface area contributed by atoms with E-state index >= 15 is 0 Å². The van der Waals surface area contributed by atoms with Crippen LogP contribution in [0.5, 0.6) is 0 Å². The van der Waals surface area contributed by atoms with Gasteiger partial charge in [-0.2, -0.15) is 0 Å². The van der Waals surface area contributed by atoms with E-state index in [0.29, 0.717) is 19.7 Å². The topological polar surface area (TPSA) is 67.9 Å². The number of benzene rings is 2. The van der Waals surface area contributed by atoms with Crippen molar-refractivity contribution in [2.24, 2.45) is 0 Å². The number of hydrogen-bond donors (Lipinski definition) is 1. The van der Waals surface area contributed by atoms with Crippen molar-refractivity contribution < 1.29 is 19.1 Å². The van der Waals surface area contributed by atoms with Crippen molar-refractivity contribution in [3.05, 3.63) is 71.8 Å². The third kappa shape index (κ3) is 6.07. The zero-order chi connectivity index (χ0) is 22.5. The molecule has 2 aromatic rings. The summed E-state index contributed by atoms with van der Waals surface area (Å²) in [5.41, 5.74) is 0.984. The van der Waals surface area contributed by atoms with Gasteiger partial charge in [-0.3, -0.25) is 9.69 Å². The summed E-state index contributed by atoms with van der Waals surface area (Å²) >= 11 is 0. The number of amides is 1. The van der Waals surface area contributed by atoms with E-state index in [4.69, 9.17) is 9.47 Å².